The zero-order valence-corrected chi connectivity index (χ0v) is 16.5. The molecule has 4 rings (SSSR count). The SMILES string of the molecule is CCn1c(C#Cc2ccc(NC(=O)C3CC3)cc2)c(C#N)c2ccc(OC)cc21. The van der Waals surface area contributed by atoms with Gasteiger partial charge >= 0.3 is 0 Å². The molecule has 1 aromatic heterocycles. The lowest BCUT2D eigenvalue weighted by atomic mass is 10.1. The van der Waals surface area contributed by atoms with E-state index in [0.717, 1.165) is 40.7 Å². The first-order valence-electron chi connectivity index (χ1n) is 9.68. The number of ether oxygens (including phenoxy) is 1. The molecule has 1 aliphatic rings. The number of amides is 1. The number of rotatable bonds is 4. The smallest absolute Gasteiger partial charge is 0.227 e. The lowest BCUT2D eigenvalue weighted by Crippen LogP contribution is -2.12. The number of hydrogen-bond donors (Lipinski definition) is 1. The molecule has 1 amide bonds. The molecule has 5 heteroatoms. The number of benzene rings is 2. The first kappa shape index (κ1) is 18.7. The molecule has 0 unspecified atom stereocenters. The summed E-state index contributed by atoms with van der Waals surface area (Å²) in [5.74, 6) is 7.34. The molecule has 2 aromatic carbocycles. The Balaban J connectivity index is 1.66. The van der Waals surface area contributed by atoms with E-state index in [1.807, 2.05) is 54.0 Å². The number of carbonyl (C=O) groups excluding carboxylic acids is 1. The van der Waals surface area contributed by atoms with Crippen LogP contribution in [0.15, 0.2) is 42.5 Å². The first-order chi connectivity index (χ1) is 14.1. The van der Waals surface area contributed by atoms with E-state index in [4.69, 9.17) is 4.74 Å². The van der Waals surface area contributed by atoms with Crippen LogP contribution in [-0.4, -0.2) is 17.6 Å². The predicted octanol–water partition coefficient (Wildman–Crippen LogP) is 4.29. The van der Waals surface area contributed by atoms with E-state index < -0.39 is 0 Å². The number of nitrogens with one attached hydrogen (secondary N) is 1. The van der Waals surface area contributed by atoms with Gasteiger partial charge in [0, 0.05) is 35.2 Å². The Labute approximate surface area is 169 Å². The predicted molar refractivity (Wildman–Crippen MR) is 113 cm³/mol. The summed E-state index contributed by atoms with van der Waals surface area (Å²) in [7, 11) is 1.63. The molecule has 0 aliphatic heterocycles. The molecule has 1 heterocycles. The van der Waals surface area contributed by atoms with Gasteiger partial charge in [-0.15, -0.1) is 0 Å². The molecule has 29 heavy (non-hydrogen) atoms. The van der Waals surface area contributed by atoms with Gasteiger partial charge in [-0.3, -0.25) is 4.79 Å². The molecule has 1 N–H and O–H groups in total. The summed E-state index contributed by atoms with van der Waals surface area (Å²) in [4.78, 5) is 11.9. The second-order valence-corrected chi connectivity index (χ2v) is 7.05. The summed E-state index contributed by atoms with van der Waals surface area (Å²) in [5, 5.41) is 13.5. The number of aryl methyl sites for hydroxylation is 1. The zero-order chi connectivity index (χ0) is 20.4. The third-order valence-electron chi connectivity index (χ3n) is 5.13. The van der Waals surface area contributed by atoms with Gasteiger partial charge < -0.3 is 14.6 Å². The number of nitriles is 1. The van der Waals surface area contributed by atoms with Gasteiger partial charge in [0.1, 0.15) is 17.5 Å². The number of methoxy groups -OCH3 is 1. The summed E-state index contributed by atoms with van der Waals surface area (Å²) >= 11 is 0. The Kier molecular flexibility index (Phi) is 4.97. The van der Waals surface area contributed by atoms with E-state index in [1.165, 1.54) is 0 Å². The van der Waals surface area contributed by atoms with Gasteiger partial charge in [0.15, 0.2) is 0 Å². The van der Waals surface area contributed by atoms with Crippen molar-refractivity contribution < 1.29 is 9.53 Å². The molecule has 0 bridgehead atoms. The Hall–Kier alpha value is -3.70. The molecule has 0 atom stereocenters. The van der Waals surface area contributed by atoms with E-state index in [-0.39, 0.29) is 11.8 Å². The number of hydrogen-bond acceptors (Lipinski definition) is 3. The van der Waals surface area contributed by atoms with Crippen molar-refractivity contribution in [3.8, 4) is 23.7 Å². The fourth-order valence-corrected chi connectivity index (χ4v) is 3.39. The Morgan fingerprint density at radius 1 is 1.21 bits per heavy atom. The van der Waals surface area contributed by atoms with Crippen LogP contribution in [0.25, 0.3) is 10.9 Å². The second-order valence-electron chi connectivity index (χ2n) is 7.05. The standard InChI is InChI=1S/C24H21N3O2/c1-3-27-22(21(15-25)20-12-11-19(29-2)14-23(20)27)13-6-16-4-9-18(10-5-16)26-24(28)17-7-8-17/h4-5,9-12,14,17H,3,7-8H2,1-2H3,(H,26,28). The van der Waals surface area contributed by atoms with Crippen LogP contribution < -0.4 is 10.1 Å². The Morgan fingerprint density at radius 2 is 1.97 bits per heavy atom. The molecule has 144 valence electrons. The fourth-order valence-electron chi connectivity index (χ4n) is 3.39. The van der Waals surface area contributed by atoms with Crippen LogP contribution in [0.2, 0.25) is 0 Å². The van der Waals surface area contributed by atoms with Gasteiger partial charge in [0.2, 0.25) is 5.91 Å². The van der Waals surface area contributed by atoms with Crippen LogP contribution in [0.5, 0.6) is 5.75 Å². The summed E-state index contributed by atoms with van der Waals surface area (Å²) in [6.45, 7) is 2.73. The average molecular weight is 383 g/mol. The van der Waals surface area contributed by atoms with Crippen molar-refractivity contribution in [1.82, 2.24) is 4.57 Å². The molecule has 1 saturated carbocycles. The van der Waals surface area contributed by atoms with Crippen LogP contribution in [0.4, 0.5) is 5.69 Å². The third-order valence-corrected chi connectivity index (χ3v) is 5.13. The van der Waals surface area contributed by atoms with E-state index in [0.29, 0.717) is 17.8 Å². The normalized spacial score (nSPS) is 12.7. The van der Waals surface area contributed by atoms with Crippen molar-refractivity contribution in [3.05, 3.63) is 59.3 Å². The lowest BCUT2D eigenvalue weighted by Gasteiger charge is -2.05. The number of carbonyl (C=O) groups is 1. The lowest BCUT2D eigenvalue weighted by molar-refractivity contribution is -0.117. The third kappa shape index (κ3) is 3.68. The van der Waals surface area contributed by atoms with Crippen LogP contribution in [0.3, 0.4) is 0 Å². The molecular formula is C24H21N3O2. The van der Waals surface area contributed by atoms with Crippen molar-refractivity contribution >= 4 is 22.5 Å². The van der Waals surface area contributed by atoms with E-state index >= 15 is 0 Å². The van der Waals surface area contributed by atoms with Crippen LogP contribution in [-0.2, 0) is 11.3 Å². The monoisotopic (exact) mass is 383 g/mol. The zero-order valence-electron chi connectivity index (χ0n) is 16.5. The Bertz CT molecular complexity index is 1180. The summed E-state index contributed by atoms with van der Waals surface area (Å²) in [5.41, 5.74) is 3.81. The highest BCUT2D eigenvalue weighted by molar-refractivity contribution is 5.94. The summed E-state index contributed by atoms with van der Waals surface area (Å²) < 4.78 is 7.36. The van der Waals surface area contributed by atoms with Crippen molar-refractivity contribution in [2.75, 3.05) is 12.4 Å². The molecular weight excluding hydrogens is 362 g/mol. The molecule has 1 aliphatic carbocycles. The van der Waals surface area contributed by atoms with Gasteiger partial charge in [-0.25, -0.2) is 0 Å². The minimum atomic E-state index is 0.0883. The van der Waals surface area contributed by atoms with Gasteiger partial charge in [-0.2, -0.15) is 5.26 Å². The highest BCUT2D eigenvalue weighted by atomic mass is 16.5. The van der Waals surface area contributed by atoms with E-state index in [2.05, 4.69) is 23.2 Å². The number of aromatic nitrogens is 1. The minimum Gasteiger partial charge on any atom is -0.497 e. The van der Waals surface area contributed by atoms with Crippen LogP contribution in [0.1, 0.15) is 36.6 Å². The maximum Gasteiger partial charge on any atom is 0.227 e. The first-order valence-corrected chi connectivity index (χ1v) is 9.68. The fraction of sp³-hybridized carbons (Fsp3) is 0.250. The number of anilines is 1. The van der Waals surface area contributed by atoms with Crippen molar-refractivity contribution in [1.29, 1.82) is 5.26 Å². The maximum absolute atomic E-state index is 11.9. The van der Waals surface area contributed by atoms with Crippen LogP contribution in [0, 0.1) is 29.1 Å². The highest BCUT2D eigenvalue weighted by Gasteiger charge is 2.29. The topological polar surface area (TPSA) is 67.0 Å². The van der Waals surface area contributed by atoms with Gasteiger partial charge in [-0.1, -0.05) is 5.92 Å². The summed E-state index contributed by atoms with van der Waals surface area (Å²) in [6.07, 6.45) is 1.96. The van der Waals surface area contributed by atoms with Crippen LogP contribution >= 0.6 is 0 Å². The van der Waals surface area contributed by atoms with Gasteiger partial charge in [-0.05, 0) is 62.1 Å². The largest absolute Gasteiger partial charge is 0.497 e. The number of fused-ring (bicyclic) bond motifs is 1. The molecule has 0 saturated heterocycles. The van der Waals surface area contributed by atoms with Gasteiger partial charge in [0.25, 0.3) is 0 Å². The molecule has 1 fully saturated rings. The van der Waals surface area contributed by atoms with Crippen molar-refractivity contribution in [2.24, 2.45) is 5.92 Å². The van der Waals surface area contributed by atoms with Crippen molar-refractivity contribution in [2.45, 2.75) is 26.3 Å². The minimum absolute atomic E-state index is 0.0883. The molecule has 5 nitrogen and oxygen atoms in total. The molecule has 3 aromatic rings. The number of nitrogens with zero attached hydrogens (tertiary/aromatic N) is 2. The maximum atomic E-state index is 11.9. The summed E-state index contributed by atoms with van der Waals surface area (Å²) in [6, 6.07) is 15.5. The second kappa shape index (κ2) is 7.73. The molecule has 0 radical (unpaired) electrons. The van der Waals surface area contributed by atoms with Crippen molar-refractivity contribution in [3.63, 3.8) is 0 Å². The quantitative estimate of drug-likeness (QED) is 0.684. The average Bonchev–Trinajstić information content (AvgIpc) is 3.55. The highest BCUT2D eigenvalue weighted by Crippen LogP contribution is 2.30. The van der Waals surface area contributed by atoms with E-state index in [9.17, 15) is 10.1 Å². The van der Waals surface area contributed by atoms with E-state index in [1.54, 1.807) is 7.11 Å². The molecule has 0 spiro atoms. The van der Waals surface area contributed by atoms with Gasteiger partial charge in [0.05, 0.1) is 18.2 Å². The Morgan fingerprint density at radius 3 is 2.59 bits per heavy atom.